The first-order chi connectivity index (χ1) is 11.7. The van der Waals surface area contributed by atoms with Crippen molar-refractivity contribution in [2.45, 2.75) is 45.3 Å². The van der Waals surface area contributed by atoms with Crippen LogP contribution in [-0.4, -0.2) is 53.5 Å². The predicted molar refractivity (Wildman–Crippen MR) is 96.6 cm³/mol. The lowest BCUT2D eigenvalue weighted by atomic mass is 9.95. The summed E-state index contributed by atoms with van der Waals surface area (Å²) < 4.78 is 7.80. The molecule has 0 saturated carbocycles. The van der Waals surface area contributed by atoms with Gasteiger partial charge in [-0.3, -0.25) is 4.90 Å². The second-order valence-electron chi connectivity index (χ2n) is 7.33. The van der Waals surface area contributed by atoms with Gasteiger partial charge >= 0.3 is 0 Å². The highest BCUT2D eigenvalue weighted by atomic mass is 16.5. The van der Waals surface area contributed by atoms with Gasteiger partial charge in [0, 0.05) is 36.2 Å². The average molecular weight is 328 g/mol. The lowest BCUT2D eigenvalue weighted by molar-refractivity contribution is 0.0116. The molecule has 130 valence electrons. The van der Waals surface area contributed by atoms with Crippen LogP contribution in [0.25, 0.3) is 10.9 Å². The van der Waals surface area contributed by atoms with Crippen LogP contribution in [-0.2, 0) is 24.1 Å². The Morgan fingerprint density at radius 1 is 1.12 bits per heavy atom. The summed E-state index contributed by atoms with van der Waals surface area (Å²) in [6, 6.07) is 6.76. The summed E-state index contributed by atoms with van der Waals surface area (Å²) >= 11 is 0. The van der Waals surface area contributed by atoms with Crippen LogP contribution in [0.2, 0.25) is 0 Å². The number of aromatic nitrogens is 1. The zero-order chi connectivity index (χ0) is 16.5. The molecule has 1 aromatic carbocycles. The number of nitrogens with zero attached hydrogens (tertiary/aromatic N) is 2. The fourth-order valence-corrected chi connectivity index (χ4v) is 4.31. The minimum atomic E-state index is -0.328. The number of β-amino-alcohol motifs (C(OH)–C–C–N with tert-alkyl or cyclic N) is 1. The fraction of sp³-hybridized carbons (Fsp3) is 0.600. The highest BCUT2D eigenvalue weighted by Gasteiger charge is 2.22. The molecule has 2 aromatic rings. The molecule has 0 radical (unpaired) electrons. The van der Waals surface area contributed by atoms with E-state index in [2.05, 4.69) is 34.6 Å². The third kappa shape index (κ3) is 3.10. The molecule has 1 aromatic heterocycles. The van der Waals surface area contributed by atoms with Gasteiger partial charge < -0.3 is 14.4 Å². The number of aliphatic hydroxyl groups is 1. The Balaban J connectivity index is 1.61. The van der Waals surface area contributed by atoms with Crippen molar-refractivity contribution in [3.8, 4) is 0 Å². The number of benzene rings is 1. The molecule has 4 nitrogen and oxygen atoms in total. The van der Waals surface area contributed by atoms with E-state index in [1.807, 2.05) is 0 Å². The summed E-state index contributed by atoms with van der Waals surface area (Å²) in [4.78, 5) is 2.32. The monoisotopic (exact) mass is 328 g/mol. The first-order valence-electron chi connectivity index (χ1n) is 9.31. The molecule has 24 heavy (non-hydrogen) atoms. The highest BCUT2D eigenvalue weighted by molar-refractivity contribution is 5.86. The van der Waals surface area contributed by atoms with Crippen molar-refractivity contribution in [1.82, 2.24) is 9.47 Å². The van der Waals surface area contributed by atoms with E-state index in [1.165, 1.54) is 47.0 Å². The van der Waals surface area contributed by atoms with Gasteiger partial charge in [-0.1, -0.05) is 11.6 Å². The number of hydrogen-bond acceptors (Lipinski definition) is 3. The van der Waals surface area contributed by atoms with Crippen molar-refractivity contribution in [2.75, 3.05) is 32.8 Å². The van der Waals surface area contributed by atoms with Gasteiger partial charge in [-0.05, 0) is 50.3 Å². The molecule has 2 heterocycles. The van der Waals surface area contributed by atoms with Crippen LogP contribution in [0.1, 0.15) is 29.7 Å². The van der Waals surface area contributed by atoms with Crippen molar-refractivity contribution < 1.29 is 9.84 Å². The Kier molecular flexibility index (Phi) is 4.61. The van der Waals surface area contributed by atoms with Crippen molar-refractivity contribution in [3.63, 3.8) is 0 Å². The average Bonchev–Trinajstić information content (AvgIpc) is 2.89. The highest BCUT2D eigenvalue weighted by Crippen LogP contribution is 2.33. The molecule has 1 fully saturated rings. The van der Waals surface area contributed by atoms with Crippen molar-refractivity contribution in [2.24, 2.45) is 0 Å². The number of morpholine rings is 1. The molecule has 0 amide bonds. The molecule has 1 aliphatic carbocycles. The van der Waals surface area contributed by atoms with Crippen molar-refractivity contribution >= 4 is 10.9 Å². The van der Waals surface area contributed by atoms with Crippen LogP contribution in [0.5, 0.6) is 0 Å². The molecule has 4 heteroatoms. The van der Waals surface area contributed by atoms with Crippen molar-refractivity contribution in [1.29, 1.82) is 0 Å². The number of hydrogen-bond donors (Lipinski definition) is 1. The quantitative estimate of drug-likeness (QED) is 0.937. The van der Waals surface area contributed by atoms with Gasteiger partial charge in [0.2, 0.25) is 0 Å². The van der Waals surface area contributed by atoms with Crippen LogP contribution in [0, 0.1) is 6.92 Å². The second kappa shape index (κ2) is 6.87. The van der Waals surface area contributed by atoms with E-state index in [1.54, 1.807) is 0 Å². The Hall–Kier alpha value is -1.36. The summed E-state index contributed by atoms with van der Waals surface area (Å²) in [6.45, 7) is 7.04. The zero-order valence-electron chi connectivity index (χ0n) is 14.6. The summed E-state index contributed by atoms with van der Waals surface area (Å²) in [6.07, 6.45) is 4.55. The standard InChI is InChI=1S/C20H28N2O2/c1-15-6-7-20-18(12-15)17-4-2-3-5-19(17)22(20)14-16(23)13-21-8-10-24-11-9-21/h6-7,12,16,23H,2-5,8-11,13-14H2,1H3/t16-/m0/s1. The van der Waals surface area contributed by atoms with Gasteiger partial charge in [-0.25, -0.2) is 0 Å². The normalized spacial score (nSPS) is 20.2. The van der Waals surface area contributed by atoms with Gasteiger partial charge in [0.05, 0.1) is 25.9 Å². The zero-order valence-corrected chi connectivity index (χ0v) is 14.6. The van der Waals surface area contributed by atoms with Crippen LogP contribution in [0.15, 0.2) is 18.2 Å². The molecule has 0 bridgehead atoms. The molecular formula is C20H28N2O2. The van der Waals surface area contributed by atoms with E-state index in [-0.39, 0.29) is 6.10 Å². The molecular weight excluding hydrogens is 300 g/mol. The van der Waals surface area contributed by atoms with Gasteiger partial charge in [0.15, 0.2) is 0 Å². The third-order valence-electron chi connectivity index (χ3n) is 5.50. The van der Waals surface area contributed by atoms with Crippen LogP contribution < -0.4 is 0 Å². The van der Waals surface area contributed by atoms with Crippen LogP contribution >= 0.6 is 0 Å². The van der Waals surface area contributed by atoms with Gasteiger partial charge in [-0.2, -0.15) is 0 Å². The van der Waals surface area contributed by atoms with E-state index in [4.69, 9.17) is 4.74 Å². The summed E-state index contributed by atoms with van der Waals surface area (Å²) in [5.74, 6) is 0. The first kappa shape index (κ1) is 16.1. The molecule has 1 saturated heterocycles. The van der Waals surface area contributed by atoms with Crippen LogP contribution in [0.4, 0.5) is 0 Å². The number of aliphatic hydroxyl groups excluding tert-OH is 1. The first-order valence-corrected chi connectivity index (χ1v) is 9.31. The van der Waals surface area contributed by atoms with Gasteiger partial charge in [0.25, 0.3) is 0 Å². The number of fused-ring (bicyclic) bond motifs is 3. The SMILES string of the molecule is Cc1ccc2c(c1)c1c(n2C[C@@H](O)CN2CCOCC2)CCCC1. The molecule has 1 N–H and O–H groups in total. The van der Waals surface area contributed by atoms with E-state index >= 15 is 0 Å². The summed E-state index contributed by atoms with van der Waals surface area (Å²) in [5.41, 5.74) is 5.61. The maximum absolute atomic E-state index is 10.7. The van der Waals surface area contributed by atoms with Crippen molar-refractivity contribution in [3.05, 3.63) is 35.0 Å². The van der Waals surface area contributed by atoms with E-state index in [0.717, 1.165) is 39.3 Å². The minimum absolute atomic E-state index is 0.328. The van der Waals surface area contributed by atoms with Gasteiger partial charge in [0.1, 0.15) is 0 Å². The van der Waals surface area contributed by atoms with E-state index in [9.17, 15) is 5.11 Å². The number of rotatable bonds is 4. The van der Waals surface area contributed by atoms with Gasteiger partial charge in [-0.15, -0.1) is 0 Å². The Bertz CT molecular complexity index is 716. The Morgan fingerprint density at radius 3 is 2.75 bits per heavy atom. The Labute approximate surface area is 144 Å². The second-order valence-corrected chi connectivity index (χ2v) is 7.33. The minimum Gasteiger partial charge on any atom is -0.390 e. The molecule has 1 atom stereocenters. The molecule has 0 spiro atoms. The third-order valence-corrected chi connectivity index (χ3v) is 5.50. The topological polar surface area (TPSA) is 37.6 Å². The van der Waals surface area contributed by atoms with E-state index in [0.29, 0.717) is 6.54 Å². The maximum Gasteiger partial charge on any atom is 0.0845 e. The number of aryl methyl sites for hydroxylation is 2. The molecule has 4 rings (SSSR count). The fourth-order valence-electron chi connectivity index (χ4n) is 4.31. The number of ether oxygens (including phenoxy) is 1. The molecule has 1 aliphatic heterocycles. The lowest BCUT2D eigenvalue weighted by Crippen LogP contribution is -2.42. The maximum atomic E-state index is 10.7. The van der Waals surface area contributed by atoms with Crippen LogP contribution in [0.3, 0.4) is 0 Å². The summed E-state index contributed by atoms with van der Waals surface area (Å²) in [7, 11) is 0. The smallest absolute Gasteiger partial charge is 0.0845 e. The summed E-state index contributed by atoms with van der Waals surface area (Å²) in [5, 5.41) is 12.1. The lowest BCUT2D eigenvalue weighted by Gasteiger charge is -2.29. The molecule has 0 unspecified atom stereocenters. The van der Waals surface area contributed by atoms with E-state index < -0.39 is 0 Å². The largest absolute Gasteiger partial charge is 0.390 e. The molecule has 2 aliphatic rings. The Morgan fingerprint density at radius 2 is 1.92 bits per heavy atom. The predicted octanol–water partition coefficient (Wildman–Crippen LogP) is 2.52.